The van der Waals surface area contributed by atoms with E-state index in [1.54, 1.807) is 7.05 Å². The first-order valence-electron chi connectivity index (χ1n) is 17.8. The third-order valence-corrected chi connectivity index (χ3v) is 16.1. The van der Waals surface area contributed by atoms with Crippen molar-refractivity contribution in [1.82, 2.24) is 4.90 Å². The van der Waals surface area contributed by atoms with E-state index in [4.69, 9.17) is 9.08 Å². The van der Waals surface area contributed by atoms with E-state index in [0.29, 0.717) is 31.6 Å². The van der Waals surface area contributed by atoms with Crippen LogP contribution in [0.2, 0.25) is 11.4 Å². The number of amides is 2. The Kier molecular flexibility index (Phi) is 10.2. The molecule has 7 nitrogen and oxygen atoms in total. The molecule has 2 N–H and O–H groups in total. The summed E-state index contributed by atoms with van der Waals surface area (Å²) in [7, 11) is -2.37. The van der Waals surface area contributed by atoms with Crippen molar-refractivity contribution in [3.63, 3.8) is 0 Å². The standard InChI is InChI=1S/C41H50BNO6Si/c1-26(20-29-21-27(2)38(44)28(3)22-29)18-19-35-36-30(23-33-37(34(36)24-42(47)49-35)40(46)43(7)39(33)45)25-48-50(41(4,5)6,31-14-10-8-11-15-31)32-16-12-9-13-17-32/h8-17,20-22,33-35,37,44,47H,18-19,23-25H2,1-7H3/b26-20+/t33-,34+,35-,37-/m1/s1. The zero-order chi connectivity index (χ0) is 36.0. The van der Waals surface area contributed by atoms with Crippen LogP contribution >= 0.6 is 0 Å². The summed E-state index contributed by atoms with van der Waals surface area (Å²) in [5.41, 5.74) is 5.87. The summed E-state index contributed by atoms with van der Waals surface area (Å²) in [6.45, 7) is 12.9. The maximum Gasteiger partial charge on any atom is 0.455 e. The van der Waals surface area contributed by atoms with Gasteiger partial charge in [-0.2, -0.15) is 0 Å². The third-order valence-electron chi connectivity index (χ3n) is 11.1. The van der Waals surface area contributed by atoms with Crippen LogP contribution in [0.3, 0.4) is 0 Å². The highest BCUT2D eigenvalue weighted by atomic mass is 28.4. The largest absolute Gasteiger partial charge is 0.507 e. The average molecular weight is 692 g/mol. The maximum atomic E-state index is 13.6. The monoisotopic (exact) mass is 691 g/mol. The van der Waals surface area contributed by atoms with E-state index in [-0.39, 0.29) is 29.1 Å². The average Bonchev–Trinajstić information content (AvgIpc) is 3.29. The Morgan fingerprint density at radius 1 is 0.980 bits per heavy atom. The van der Waals surface area contributed by atoms with E-state index in [1.807, 2.05) is 38.1 Å². The van der Waals surface area contributed by atoms with Crippen molar-refractivity contribution in [3.8, 4) is 5.75 Å². The van der Waals surface area contributed by atoms with Gasteiger partial charge < -0.3 is 19.2 Å². The molecule has 50 heavy (non-hydrogen) atoms. The van der Waals surface area contributed by atoms with Gasteiger partial charge in [0.1, 0.15) is 5.75 Å². The van der Waals surface area contributed by atoms with Crippen molar-refractivity contribution in [2.45, 2.75) is 78.3 Å². The summed E-state index contributed by atoms with van der Waals surface area (Å²) in [5, 5.41) is 23.5. The molecule has 0 unspecified atom stereocenters. The minimum Gasteiger partial charge on any atom is -0.507 e. The number of aryl methyl sites for hydroxylation is 2. The molecule has 0 bridgehead atoms. The predicted octanol–water partition coefficient (Wildman–Crippen LogP) is 6.20. The van der Waals surface area contributed by atoms with E-state index in [1.165, 1.54) is 15.3 Å². The van der Waals surface area contributed by atoms with Gasteiger partial charge in [0, 0.05) is 7.05 Å². The Balaban J connectivity index is 1.40. The normalized spacial score (nSPS) is 23.0. The number of carbonyl (C=O) groups excluding carboxylic acids is 2. The first-order valence-corrected chi connectivity index (χ1v) is 19.7. The Hall–Kier alpha value is -3.76. The highest BCUT2D eigenvalue weighted by molar-refractivity contribution is 6.99. The van der Waals surface area contributed by atoms with Crippen molar-refractivity contribution < 1.29 is 28.8 Å². The molecule has 3 aliphatic rings. The highest BCUT2D eigenvalue weighted by Crippen LogP contribution is 2.51. The van der Waals surface area contributed by atoms with E-state index in [2.05, 4.69) is 82.3 Å². The highest BCUT2D eigenvalue weighted by Gasteiger charge is 2.57. The third kappa shape index (κ3) is 6.57. The smallest absolute Gasteiger partial charge is 0.455 e. The molecular weight excluding hydrogens is 641 g/mol. The Bertz CT molecular complexity index is 1750. The number of hydrogen-bond donors (Lipinski definition) is 2. The fourth-order valence-electron chi connectivity index (χ4n) is 8.80. The van der Waals surface area contributed by atoms with Crippen LogP contribution in [0.15, 0.2) is 89.5 Å². The van der Waals surface area contributed by atoms with Crippen LogP contribution in [-0.4, -0.2) is 62.0 Å². The molecule has 3 aromatic carbocycles. The number of aromatic hydroxyl groups is 1. The number of nitrogens with zero attached hydrogens (tertiary/aromatic N) is 1. The molecule has 0 radical (unpaired) electrons. The lowest BCUT2D eigenvalue weighted by atomic mass is 9.58. The topological polar surface area (TPSA) is 96.3 Å². The molecule has 9 heteroatoms. The van der Waals surface area contributed by atoms with Crippen molar-refractivity contribution in [1.29, 1.82) is 0 Å². The Morgan fingerprint density at radius 2 is 1.56 bits per heavy atom. The summed E-state index contributed by atoms with van der Waals surface area (Å²) in [6, 6.07) is 25.0. The van der Waals surface area contributed by atoms with Crippen molar-refractivity contribution in [2.75, 3.05) is 13.7 Å². The number of phenols is 1. The zero-order valence-electron chi connectivity index (χ0n) is 30.4. The summed E-state index contributed by atoms with van der Waals surface area (Å²) in [4.78, 5) is 28.4. The number of imide groups is 1. The second-order valence-corrected chi connectivity index (χ2v) is 19.8. The van der Waals surface area contributed by atoms with Crippen LogP contribution in [0.5, 0.6) is 5.75 Å². The number of allylic oxidation sites excluding steroid dienone is 1. The second kappa shape index (κ2) is 14.1. The minimum absolute atomic E-state index is 0.155. The zero-order valence-corrected chi connectivity index (χ0v) is 31.4. The SMILES string of the molecule is C/C(=C\c1cc(C)c(O)c(C)c1)CC[C@H]1OB(O)C[C@H]2C1=C(CO[Si](c1ccccc1)(c1ccccc1)C(C)(C)C)C[C@H]1C(=O)N(C)C(=O)[C@H]12. The molecule has 0 saturated carbocycles. The molecule has 2 aliphatic heterocycles. The Morgan fingerprint density at radius 3 is 2.12 bits per heavy atom. The Labute approximate surface area is 298 Å². The summed E-state index contributed by atoms with van der Waals surface area (Å²) in [6.07, 6.45) is 3.71. The molecule has 2 heterocycles. The van der Waals surface area contributed by atoms with E-state index in [9.17, 15) is 19.7 Å². The number of rotatable bonds is 9. The predicted molar refractivity (Wildman–Crippen MR) is 202 cm³/mol. The minimum atomic E-state index is -2.91. The lowest BCUT2D eigenvalue weighted by molar-refractivity contribution is -0.138. The molecule has 1 aliphatic carbocycles. The van der Waals surface area contributed by atoms with Gasteiger partial charge in [-0.25, -0.2) is 0 Å². The van der Waals surface area contributed by atoms with Crippen LogP contribution in [0.4, 0.5) is 0 Å². The van der Waals surface area contributed by atoms with E-state index in [0.717, 1.165) is 33.4 Å². The number of phenolic OH excluding ortho intramolecular Hbond substituents is 1. The van der Waals surface area contributed by atoms with E-state index >= 15 is 0 Å². The fraction of sp³-hybridized carbons (Fsp3) is 0.415. The first-order chi connectivity index (χ1) is 23.7. The molecule has 4 atom stereocenters. The lowest BCUT2D eigenvalue weighted by Gasteiger charge is -2.46. The number of likely N-dealkylation sites (tertiary alicyclic amines) is 1. The number of benzene rings is 3. The van der Waals surface area contributed by atoms with E-state index < -0.39 is 33.4 Å². The summed E-state index contributed by atoms with van der Waals surface area (Å²) >= 11 is 0. The van der Waals surface area contributed by atoms with Crippen LogP contribution in [0, 0.1) is 31.6 Å². The van der Waals surface area contributed by atoms with Gasteiger partial charge in [0.05, 0.1) is 24.5 Å². The van der Waals surface area contributed by atoms with Gasteiger partial charge in [-0.3, -0.25) is 14.5 Å². The molecule has 6 rings (SSSR count). The molecule has 3 aromatic rings. The second-order valence-electron chi connectivity index (χ2n) is 15.5. The number of carbonyl (C=O) groups is 2. The van der Waals surface area contributed by atoms with Gasteiger partial charge in [-0.1, -0.05) is 93.1 Å². The number of fused-ring (bicyclic) bond motifs is 3. The van der Waals surface area contributed by atoms with Gasteiger partial charge in [0.2, 0.25) is 11.8 Å². The summed E-state index contributed by atoms with van der Waals surface area (Å²) in [5.74, 6) is -1.31. The molecule has 2 saturated heterocycles. The molecule has 0 spiro atoms. The maximum absolute atomic E-state index is 13.6. The van der Waals surface area contributed by atoms with Crippen LogP contribution in [0.1, 0.15) is 63.6 Å². The molecule has 2 amide bonds. The fourth-order valence-corrected chi connectivity index (χ4v) is 13.3. The molecular formula is C41H50BNO6Si. The van der Waals surface area contributed by atoms with Crippen molar-refractivity contribution in [2.24, 2.45) is 17.8 Å². The van der Waals surface area contributed by atoms with Crippen LogP contribution < -0.4 is 10.4 Å². The molecule has 262 valence electrons. The van der Waals surface area contributed by atoms with Gasteiger partial charge in [-0.05, 0) is 108 Å². The van der Waals surface area contributed by atoms with Crippen molar-refractivity contribution in [3.05, 3.63) is 106 Å². The van der Waals surface area contributed by atoms with Gasteiger partial charge in [0.15, 0.2) is 0 Å². The van der Waals surface area contributed by atoms with Crippen LogP contribution in [0.25, 0.3) is 6.08 Å². The van der Waals surface area contributed by atoms with Gasteiger partial charge >= 0.3 is 7.12 Å². The molecule has 0 aromatic heterocycles. The van der Waals surface area contributed by atoms with Crippen LogP contribution in [-0.2, 0) is 18.7 Å². The van der Waals surface area contributed by atoms with Gasteiger partial charge in [-0.15, -0.1) is 0 Å². The quantitative estimate of drug-likeness (QED) is 0.158. The lowest BCUT2D eigenvalue weighted by Crippen LogP contribution is -2.66. The summed E-state index contributed by atoms with van der Waals surface area (Å²) < 4.78 is 13.8. The molecule has 2 fully saturated rings. The van der Waals surface area contributed by atoms with Gasteiger partial charge in [0.25, 0.3) is 8.32 Å². The first kappa shape index (κ1) is 36.0. The number of hydrogen-bond acceptors (Lipinski definition) is 6. The van der Waals surface area contributed by atoms with Crippen molar-refractivity contribution >= 4 is 43.7 Å².